The van der Waals surface area contributed by atoms with Crippen LogP contribution in [0.15, 0.2) is 36.7 Å². The van der Waals surface area contributed by atoms with Crippen LogP contribution in [0.5, 0.6) is 0 Å². The normalized spacial score (nSPS) is 21.4. The Labute approximate surface area is 267 Å². The third-order valence-electron chi connectivity index (χ3n) is 10.3. The number of likely N-dealkylation sites (tertiary alicyclic amines) is 2. The maximum absolute atomic E-state index is 14.7. The standard InChI is InChI=1S/C36H50FN5O3/c1-23(2)34(8-7-11-39-21-30-16-29(39)22-45-30)40-18-27(19-40)26-14-32(35-17-38-25(5)42(35)20-26)31-10-9-28(37)15-33(31)36(43)41(24(3)4)12-13-44-6/h9-10,14-15,17,20,23-24,27,29-30,34H,7-8,11-13,16,18-19,21-22H2,1-6H3/t29-,30-,34-/m1/s1. The molecule has 6 rings (SSSR count). The molecule has 3 aromatic rings. The van der Waals surface area contributed by atoms with E-state index >= 15 is 0 Å². The van der Waals surface area contributed by atoms with Gasteiger partial charge in [-0.05, 0) is 81.8 Å². The third kappa shape index (κ3) is 6.55. The molecule has 3 saturated heterocycles. The van der Waals surface area contributed by atoms with E-state index in [2.05, 4.69) is 45.3 Å². The Kier molecular flexibility index (Phi) is 9.62. The van der Waals surface area contributed by atoms with Gasteiger partial charge in [-0.15, -0.1) is 0 Å². The zero-order valence-corrected chi connectivity index (χ0v) is 27.8. The number of carbonyl (C=O) groups is 1. The number of carbonyl (C=O) groups excluding carboxylic acids is 1. The molecule has 0 radical (unpaired) electrons. The molecule has 0 spiro atoms. The van der Waals surface area contributed by atoms with Crippen molar-refractivity contribution in [1.29, 1.82) is 0 Å². The molecule has 244 valence electrons. The number of aromatic nitrogens is 2. The van der Waals surface area contributed by atoms with Gasteiger partial charge in [0.05, 0.1) is 36.6 Å². The summed E-state index contributed by atoms with van der Waals surface area (Å²) in [6.45, 7) is 16.7. The Morgan fingerprint density at radius 3 is 2.62 bits per heavy atom. The summed E-state index contributed by atoms with van der Waals surface area (Å²) >= 11 is 0. The van der Waals surface area contributed by atoms with E-state index in [1.54, 1.807) is 18.1 Å². The summed E-state index contributed by atoms with van der Waals surface area (Å²) in [7, 11) is 1.62. The van der Waals surface area contributed by atoms with Crippen LogP contribution >= 0.6 is 0 Å². The fraction of sp³-hybridized carbons (Fsp3) is 0.611. The van der Waals surface area contributed by atoms with E-state index in [9.17, 15) is 9.18 Å². The number of rotatable bonds is 13. The summed E-state index contributed by atoms with van der Waals surface area (Å²) < 4.78 is 27.9. The van der Waals surface area contributed by atoms with Crippen LogP contribution in [-0.4, -0.2) is 107 Å². The van der Waals surface area contributed by atoms with Crippen molar-refractivity contribution in [2.45, 2.75) is 84.0 Å². The minimum Gasteiger partial charge on any atom is -0.383 e. The van der Waals surface area contributed by atoms with Crippen LogP contribution in [0.1, 0.15) is 74.6 Å². The summed E-state index contributed by atoms with van der Waals surface area (Å²) in [6.07, 6.45) is 8.17. The molecule has 3 atom stereocenters. The third-order valence-corrected chi connectivity index (χ3v) is 10.3. The molecule has 3 aliphatic rings. The van der Waals surface area contributed by atoms with Crippen molar-refractivity contribution in [3.8, 4) is 11.1 Å². The number of methoxy groups -OCH3 is 1. The van der Waals surface area contributed by atoms with Gasteiger partial charge in [-0.2, -0.15) is 0 Å². The zero-order chi connectivity index (χ0) is 31.8. The minimum absolute atomic E-state index is 0.0540. The highest BCUT2D eigenvalue weighted by Crippen LogP contribution is 2.37. The van der Waals surface area contributed by atoms with Crippen molar-refractivity contribution in [2.75, 3.05) is 53.0 Å². The molecule has 0 N–H and O–H groups in total. The van der Waals surface area contributed by atoms with Gasteiger partial charge < -0.3 is 18.8 Å². The fourth-order valence-corrected chi connectivity index (χ4v) is 7.74. The van der Waals surface area contributed by atoms with Crippen LogP contribution in [0.4, 0.5) is 4.39 Å². The van der Waals surface area contributed by atoms with Crippen molar-refractivity contribution < 1.29 is 18.7 Å². The first-order valence-corrected chi connectivity index (χ1v) is 16.8. The first-order valence-electron chi connectivity index (χ1n) is 16.8. The lowest BCUT2D eigenvalue weighted by atomic mass is 9.85. The Morgan fingerprint density at radius 1 is 1.16 bits per heavy atom. The molecule has 8 nitrogen and oxygen atoms in total. The highest BCUT2D eigenvalue weighted by atomic mass is 19.1. The van der Waals surface area contributed by atoms with E-state index in [0.717, 1.165) is 48.7 Å². The van der Waals surface area contributed by atoms with Gasteiger partial charge >= 0.3 is 0 Å². The number of morpholine rings is 1. The fourth-order valence-electron chi connectivity index (χ4n) is 7.74. The van der Waals surface area contributed by atoms with Crippen LogP contribution in [0.3, 0.4) is 0 Å². The molecule has 1 aromatic carbocycles. The quantitative estimate of drug-likeness (QED) is 0.248. The number of imidazole rings is 1. The van der Waals surface area contributed by atoms with Gasteiger partial charge in [-0.1, -0.05) is 19.9 Å². The van der Waals surface area contributed by atoms with Crippen molar-refractivity contribution in [1.82, 2.24) is 24.1 Å². The molecule has 0 aliphatic carbocycles. The van der Waals surface area contributed by atoms with E-state index < -0.39 is 5.82 Å². The van der Waals surface area contributed by atoms with Crippen LogP contribution in [0.25, 0.3) is 16.6 Å². The van der Waals surface area contributed by atoms with Gasteiger partial charge in [0.2, 0.25) is 0 Å². The summed E-state index contributed by atoms with van der Waals surface area (Å²) in [6, 6.07) is 7.93. The maximum Gasteiger partial charge on any atom is 0.254 e. The highest BCUT2D eigenvalue weighted by Gasteiger charge is 2.39. The number of hydrogen-bond donors (Lipinski definition) is 0. The summed E-state index contributed by atoms with van der Waals surface area (Å²) in [4.78, 5) is 25.6. The summed E-state index contributed by atoms with van der Waals surface area (Å²) in [5.41, 5.74) is 4.16. The van der Waals surface area contributed by atoms with Gasteiger partial charge in [0.1, 0.15) is 11.6 Å². The largest absolute Gasteiger partial charge is 0.383 e. The first-order chi connectivity index (χ1) is 21.6. The predicted octanol–water partition coefficient (Wildman–Crippen LogP) is 5.62. The van der Waals surface area contributed by atoms with E-state index in [0.29, 0.717) is 48.7 Å². The van der Waals surface area contributed by atoms with Crippen LogP contribution in [0.2, 0.25) is 0 Å². The van der Waals surface area contributed by atoms with Crippen LogP contribution in [-0.2, 0) is 9.47 Å². The maximum atomic E-state index is 14.7. The number of halogens is 1. The topological polar surface area (TPSA) is 62.5 Å². The highest BCUT2D eigenvalue weighted by molar-refractivity contribution is 6.03. The molecule has 1 amide bonds. The molecular formula is C36H50FN5O3. The lowest BCUT2D eigenvalue weighted by molar-refractivity contribution is 0.0251. The van der Waals surface area contributed by atoms with Crippen LogP contribution < -0.4 is 0 Å². The SMILES string of the molecule is COCCN(C(=O)c1cc(F)ccc1-c1cc(C2CN([C@H](CCCN3C[C@H]4C[C@@H]3CO4)C(C)C)C2)cn2c(C)ncc12)C(C)C. The predicted molar refractivity (Wildman–Crippen MR) is 175 cm³/mol. The molecule has 0 unspecified atom stereocenters. The van der Waals surface area contributed by atoms with E-state index in [1.165, 1.54) is 43.5 Å². The molecule has 9 heteroatoms. The van der Waals surface area contributed by atoms with Crippen molar-refractivity contribution in [3.05, 3.63) is 59.4 Å². The van der Waals surface area contributed by atoms with E-state index in [-0.39, 0.29) is 11.9 Å². The molecule has 3 fully saturated rings. The van der Waals surface area contributed by atoms with Crippen LogP contribution in [0, 0.1) is 18.7 Å². The minimum atomic E-state index is -0.422. The second kappa shape index (κ2) is 13.5. The Bertz CT molecular complexity index is 1500. The molecule has 2 aromatic heterocycles. The van der Waals surface area contributed by atoms with E-state index in [4.69, 9.17) is 9.47 Å². The van der Waals surface area contributed by atoms with Gasteiger partial charge in [0.25, 0.3) is 5.91 Å². The number of pyridine rings is 1. The average Bonchev–Trinajstić information content (AvgIpc) is 3.71. The monoisotopic (exact) mass is 619 g/mol. The lowest BCUT2D eigenvalue weighted by Gasteiger charge is -2.46. The van der Waals surface area contributed by atoms with Crippen molar-refractivity contribution in [3.63, 3.8) is 0 Å². The van der Waals surface area contributed by atoms with Gasteiger partial charge in [-0.25, -0.2) is 9.37 Å². The second-order valence-corrected chi connectivity index (χ2v) is 14.0. The van der Waals surface area contributed by atoms with Crippen molar-refractivity contribution >= 4 is 11.4 Å². The van der Waals surface area contributed by atoms with Gasteiger partial charge in [0.15, 0.2) is 0 Å². The summed E-state index contributed by atoms with van der Waals surface area (Å²) in [5.74, 6) is 1.25. The molecule has 5 heterocycles. The number of aryl methyl sites for hydroxylation is 1. The smallest absolute Gasteiger partial charge is 0.254 e. The molecule has 3 aliphatic heterocycles. The lowest BCUT2D eigenvalue weighted by Crippen LogP contribution is -2.52. The molecule has 2 bridgehead atoms. The number of nitrogens with zero attached hydrogens (tertiary/aromatic N) is 5. The Hall–Kier alpha value is -2.85. The average molecular weight is 620 g/mol. The number of amides is 1. The van der Waals surface area contributed by atoms with Crippen molar-refractivity contribution in [2.24, 2.45) is 5.92 Å². The number of hydrogen-bond acceptors (Lipinski definition) is 6. The number of ether oxygens (including phenoxy) is 2. The van der Waals surface area contributed by atoms with Gasteiger partial charge in [0, 0.05) is 69.1 Å². The second-order valence-electron chi connectivity index (χ2n) is 14.0. The Balaban J connectivity index is 1.23. The molecule has 45 heavy (non-hydrogen) atoms. The van der Waals surface area contributed by atoms with Gasteiger partial charge in [-0.3, -0.25) is 14.6 Å². The number of benzene rings is 1. The molecular weight excluding hydrogens is 569 g/mol. The number of fused-ring (bicyclic) bond motifs is 3. The Morgan fingerprint density at radius 2 is 1.96 bits per heavy atom. The molecule has 0 saturated carbocycles. The summed E-state index contributed by atoms with van der Waals surface area (Å²) in [5, 5.41) is 0. The van der Waals surface area contributed by atoms with E-state index in [1.807, 2.05) is 27.0 Å². The zero-order valence-electron chi connectivity index (χ0n) is 27.8. The first kappa shape index (κ1) is 32.1.